The lowest BCUT2D eigenvalue weighted by atomic mass is 10.3. The lowest BCUT2D eigenvalue weighted by molar-refractivity contribution is 0.388. The molecule has 0 heterocycles. The van der Waals surface area contributed by atoms with E-state index in [2.05, 4.69) is 27.9 Å². The normalized spacial score (nSPS) is 12.7. The van der Waals surface area contributed by atoms with Crippen LogP contribution in [-0.4, -0.2) is 30.4 Å². The zero-order valence-electron chi connectivity index (χ0n) is 6.40. The summed E-state index contributed by atoms with van der Waals surface area (Å²) in [5, 5.41) is 1.01. The summed E-state index contributed by atoms with van der Waals surface area (Å²) in [4.78, 5) is 2.21. The van der Waals surface area contributed by atoms with Crippen molar-refractivity contribution < 1.29 is 0 Å². The van der Waals surface area contributed by atoms with Gasteiger partial charge >= 0.3 is 0 Å². The summed E-state index contributed by atoms with van der Waals surface area (Å²) >= 11 is 8.86. The van der Waals surface area contributed by atoms with Crippen molar-refractivity contribution in [3.63, 3.8) is 0 Å². The van der Waals surface area contributed by atoms with Gasteiger partial charge in [-0.25, -0.2) is 0 Å². The Balaban J connectivity index is 3.47. The van der Waals surface area contributed by atoms with Gasteiger partial charge in [-0.05, 0) is 19.5 Å². The molecule has 0 spiro atoms. The third-order valence-corrected chi connectivity index (χ3v) is 1.90. The topological polar surface area (TPSA) is 3.24 Å². The smallest absolute Gasteiger partial charge is 0.0199 e. The van der Waals surface area contributed by atoms with Crippen LogP contribution in [0.4, 0.5) is 0 Å². The molecule has 0 atom stereocenters. The van der Waals surface area contributed by atoms with Crippen molar-refractivity contribution in [2.45, 2.75) is 6.92 Å². The van der Waals surface area contributed by atoms with Gasteiger partial charge in [0.15, 0.2) is 0 Å². The van der Waals surface area contributed by atoms with Crippen LogP contribution in [0.3, 0.4) is 0 Å². The van der Waals surface area contributed by atoms with Crippen molar-refractivity contribution in [1.82, 2.24) is 4.90 Å². The Labute approximate surface area is 76.2 Å². The minimum absolute atomic E-state index is 0.953. The molecule has 0 aromatic rings. The minimum atomic E-state index is 0.953. The quantitative estimate of drug-likeness (QED) is 0.666. The van der Waals surface area contributed by atoms with E-state index in [1.54, 1.807) is 5.54 Å². The average molecular weight is 227 g/mol. The molecule has 0 bridgehead atoms. The molecule has 60 valence electrons. The lowest BCUT2D eigenvalue weighted by Gasteiger charge is -2.14. The second-order valence-electron chi connectivity index (χ2n) is 2.38. The van der Waals surface area contributed by atoms with Gasteiger partial charge in [-0.3, -0.25) is 0 Å². The highest BCUT2D eigenvalue weighted by molar-refractivity contribution is 9.09. The third kappa shape index (κ3) is 5.27. The van der Waals surface area contributed by atoms with E-state index in [1.807, 2.05) is 6.92 Å². The number of hydrogen-bond acceptors (Lipinski definition) is 1. The fraction of sp³-hybridized carbons (Fsp3) is 0.714. The van der Waals surface area contributed by atoms with Crippen molar-refractivity contribution in [3.05, 3.63) is 11.1 Å². The maximum Gasteiger partial charge on any atom is 0.0199 e. The van der Waals surface area contributed by atoms with Gasteiger partial charge in [-0.1, -0.05) is 27.5 Å². The van der Waals surface area contributed by atoms with Gasteiger partial charge in [0.05, 0.1) is 0 Å². The van der Waals surface area contributed by atoms with Crippen LogP contribution < -0.4 is 0 Å². The first-order chi connectivity index (χ1) is 4.70. The van der Waals surface area contributed by atoms with E-state index in [0.29, 0.717) is 0 Å². The Morgan fingerprint density at radius 1 is 1.70 bits per heavy atom. The highest BCUT2D eigenvalue weighted by atomic mass is 79.9. The summed E-state index contributed by atoms with van der Waals surface area (Å²) in [6.07, 6.45) is 0. The zero-order valence-corrected chi connectivity index (χ0v) is 8.74. The number of halogens is 2. The maximum absolute atomic E-state index is 5.50. The Bertz CT molecular complexity index is 114. The Morgan fingerprint density at radius 2 is 2.30 bits per heavy atom. The molecule has 0 saturated carbocycles. The van der Waals surface area contributed by atoms with Crippen LogP contribution in [0.25, 0.3) is 0 Å². The molecule has 0 unspecified atom stereocenters. The molecule has 0 aliphatic carbocycles. The largest absolute Gasteiger partial charge is 0.302 e. The highest BCUT2D eigenvalue weighted by Gasteiger charge is 1.96. The summed E-state index contributed by atoms with van der Waals surface area (Å²) in [5.41, 5.74) is 2.83. The molecule has 0 fully saturated rings. The molecule has 0 aliphatic heterocycles. The molecule has 0 saturated heterocycles. The van der Waals surface area contributed by atoms with Gasteiger partial charge in [0.25, 0.3) is 0 Å². The fourth-order valence-electron chi connectivity index (χ4n) is 0.684. The second-order valence-corrected chi connectivity index (χ2v) is 3.39. The maximum atomic E-state index is 5.50. The van der Waals surface area contributed by atoms with Crippen molar-refractivity contribution in [2.75, 3.05) is 25.5 Å². The molecule has 0 N–H and O–H groups in total. The van der Waals surface area contributed by atoms with Crippen LogP contribution in [0, 0.1) is 0 Å². The minimum Gasteiger partial charge on any atom is -0.302 e. The van der Waals surface area contributed by atoms with Crippen molar-refractivity contribution in [1.29, 1.82) is 0 Å². The van der Waals surface area contributed by atoms with Crippen LogP contribution in [0.5, 0.6) is 0 Å². The lowest BCUT2D eigenvalue weighted by Crippen LogP contribution is -2.22. The predicted octanol–water partition coefficient (Wildman–Crippen LogP) is 2.46. The monoisotopic (exact) mass is 225 g/mol. The molecular formula is C7H13BrClN. The number of nitrogens with zero attached hydrogens (tertiary/aromatic N) is 1. The molecule has 0 aliphatic rings. The van der Waals surface area contributed by atoms with E-state index >= 15 is 0 Å². The van der Waals surface area contributed by atoms with E-state index in [9.17, 15) is 0 Å². The molecule has 0 rings (SSSR count). The van der Waals surface area contributed by atoms with Crippen LogP contribution in [0.2, 0.25) is 0 Å². The summed E-state index contributed by atoms with van der Waals surface area (Å²) in [7, 11) is 2.07. The summed E-state index contributed by atoms with van der Waals surface area (Å²) in [6, 6.07) is 0. The number of likely N-dealkylation sites (N-methyl/N-ethyl adjacent to an activating group) is 1. The Morgan fingerprint density at radius 3 is 2.70 bits per heavy atom. The van der Waals surface area contributed by atoms with Gasteiger partial charge in [0, 0.05) is 24.0 Å². The standard InChI is InChI=1S/C7H13BrClN/c1-7(5-9)6-10(2)4-3-8/h5H,3-4,6H2,1-2H3. The fourth-order valence-corrected chi connectivity index (χ4v) is 1.36. The number of hydrogen-bond donors (Lipinski definition) is 0. The SMILES string of the molecule is CC(=CCl)CN(C)CCBr. The first-order valence-electron chi connectivity index (χ1n) is 3.21. The Hall–Kier alpha value is 0.470. The zero-order chi connectivity index (χ0) is 7.98. The van der Waals surface area contributed by atoms with Gasteiger partial charge in [-0.2, -0.15) is 0 Å². The van der Waals surface area contributed by atoms with E-state index < -0.39 is 0 Å². The van der Waals surface area contributed by atoms with Crippen LogP contribution in [0.15, 0.2) is 11.1 Å². The Kier molecular flexibility index (Phi) is 6.49. The molecule has 1 nitrogen and oxygen atoms in total. The van der Waals surface area contributed by atoms with Crippen molar-refractivity contribution >= 4 is 27.5 Å². The molecule has 0 amide bonds. The van der Waals surface area contributed by atoms with Crippen LogP contribution in [-0.2, 0) is 0 Å². The molecule has 10 heavy (non-hydrogen) atoms. The number of rotatable bonds is 4. The van der Waals surface area contributed by atoms with Gasteiger partial charge in [0.2, 0.25) is 0 Å². The molecule has 3 heteroatoms. The van der Waals surface area contributed by atoms with Crippen LogP contribution >= 0.6 is 27.5 Å². The molecular weight excluding hydrogens is 213 g/mol. The van der Waals surface area contributed by atoms with Crippen LogP contribution in [0.1, 0.15) is 6.92 Å². The first-order valence-corrected chi connectivity index (χ1v) is 4.77. The van der Waals surface area contributed by atoms with Gasteiger partial charge in [0.1, 0.15) is 0 Å². The predicted molar refractivity (Wildman–Crippen MR) is 50.9 cm³/mol. The molecule has 0 radical (unpaired) electrons. The van der Waals surface area contributed by atoms with E-state index in [1.165, 1.54) is 5.57 Å². The summed E-state index contributed by atoms with van der Waals surface area (Å²) < 4.78 is 0. The molecule has 0 aromatic carbocycles. The van der Waals surface area contributed by atoms with Crippen molar-refractivity contribution in [3.8, 4) is 0 Å². The van der Waals surface area contributed by atoms with Crippen molar-refractivity contribution in [2.24, 2.45) is 0 Å². The number of alkyl halides is 1. The second kappa shape index (κ2) is 6.20. The molecule has 0 aromatic heterocycles. The van der Waals surface area contributed by atoms with E-state index in [0.717, 1.165) is 18.4 Å². The van der Waals surface area contributed by atoms with E-state index in [-0.39, 0.29) is 0 Å². The summed E-state index contributed by atoms with van der Waals surface area (Å²) in [6.45, 7) is 4.04. The summed E-state index contributed by atoms with van der Waals surface area (Å²) in [5.74, 6) is 0. The van der Waals surface area contributed by atoms with Gasteiger partial charge in [-0.15, -0.1) is 0 Å². The average Bonchev–Trinajstić information content (AvgIpc) is 1.88. The highest BCUT2D eigenvalue weighted by Crippen LogP contribution is 1.98. The van der Waals surface area contributed by atoms with Gasteiger partial charge < -0.3 is 4.90 Å². The third-order valence-electron chi connectivity index (χ3n) is 1.17. The first kappa shape index (κ1) is 10.5. The van der Waals surface area contributed by atoms with E-state index in [4.69, 9.17) is 11.6 Å².